The van der Waals surface area contributed by atoms with Gasteiger partial charge in [-0.2, -0.15) is 0 Å². The van der Waals surface area contributed by atoms with Crippen LogP contribution in [0.5, 0.6) is 0 Å². The summed E-state index contributed by atoms with van der Waals surface area (Å²) in [5.74, 6) is 0. The fourth-order valence-corrected chi connectivity index (χ4v) is 8.38. The van der Waals surface area contributed by atoms with Gasteiger partial charge < -0.3 is 13.9 Å². The third-order valence-corrected chi connectivity index (χ3v) is 10.7. The zero-order valence-corrected chi connectivity index (χ0v) is 28.8. The monoisotopic (exact) mass is 676 g/mol. The lowest BCUT2D eigenvalue weighted by molar-refractivity contribution is 0.669. The predicted octanol–water partition coefficient (Wildman–Crippen LogP) is 14.1. The summed E-state index contributed by atoms with van der Waals surface area (Å²) in [6.07, 6.45) is 0. The van der Waals surface area contributed by atoms with E-state index in [0.717, 1.165) is 44.7 Å². The van der Waals surface area contributed by atoms with Crippen molar-refractivity contribution < 1.29 is 4.42 Å². The van der Waals surface area contributed by atoms with E-state index in [4.69, 9.17) is 4.42 Å². The van der Waals surface area contributed by atoms with Crippen molar-refractivity contribution >= 4 is 82.4 Å². The van der Waals surface area contributed by atoms with Gasteiger partial charge in [-0.05, 0) is 99.4 Å². The van der Waals surface area contributed by atoms with Crippen LogP contribution in [0.4, 0.5) is 17.1 Å². The lowest BCUT2D eigenvalue weighted by Gasteiger charge is -2.25. The van der Waals surface area contributed by atoms with E-state index >= 15 is 0 Å². The zero-order chi connectivity index (χ0) is 34.9. The lowest BCUT2D eigenvalue weighted by atomic mass is 9.94. The van der Waals surface area contributed by atoms with E-state index in [1.165, 1.54) is 54.5 Å². The van der Waals surface area contributed by atoms with Crippen molar-refractivity contribution in [3.05, 3.63) is 194 Å². The molecule has 0 bridgehead atoms. The third-order valence-electron chi connectivity index (χ3n) is 10.7. The molecule has 2 heterocycles. The molecule has 0 spiro atoms. The number of benzene rings is 9. The average molecular weight is 677 g/mol. The van der Waals surface area contributed by atoms with Crippen LogP contribution in [0.15, 0.2) is 199 Å². The molecule has 11 aromatic rings. The standard InChI is InChI=1S/C50H32N2O/c1-3-15-36(16-4-1)51(38-27-25-33-13-7-8-14-34(33)31-38)47-24-12-22-43-49-42-21-11-20-39(40(42)28-30-48(49)53-50(43)47)35-26-29-46-44(32-35)41-19-9-10-23-45(41)52(46)37-17-5-2-6-18-37/h1-32H. The molecule has 0 N–H and O–H groups in total. The molecule has 0 atom stereocenters. The molecule has 248 valence electrons. The number of hydrogen-bond donors (Lipinski definition) is 0. The number of furan rings is 1. The van der Waals surface area contributed by atoms with Gasteiger partial charge in [0.15, 0.2) is 5.58 Å². The Bertz CT molecular complexity index is 3170. The van der Waals surface area contributed by atoms with E-state index in [1.807, 2.05) is 0 Å². The molecule has 11 rings (SSSR count). The van der Waals surface area contributed by atoms with Gasteiger partial charge in [0.2, 0.25) is 0 Å². The highest BCUT2D eigenvalue weighted by Gasteiger charge is 2.21. The van der Waals surface area contributed by atoms with Crippen LogP contribution in [0.2, 0.25) is 0 Å². The van der Waals surface area contributed by atoms with Gasteiger partial charge in [-0.15, -0.1) is 0 Å². The Labute approximate surface area is 306 Å². The van der Waals surface area contributed by atoms with Crippen molar-refractivity contribution in [3.8, 4) is 16.8 Å². The quantitative estimate of drug-likeness (QED) is 0.181. The SMILES string of the molecule is c1ccc(N(c2ccc3ccccc3c2)c2cccc3c2oc2ccc4c(-c5ccc6c(c5)c5ccccc5n6-c5ccccc5)cccc4c23)cc1. The van der Waals surface area contributed by atoms with E-state index in [1.54, 1.807) is 0 Å². The number of aromatic nitrogens is 1. The minimum absolute atomic E-state index is 0.868. The van der Waals surface area contributed by atoms with Crippen molar-refractivity contribution in [2.24, 2.45) is 0 Å². The molecule has 53 heavy (non-hydrogen) atoms. The molecule has 0 fully saturated rings. The van der Waals surface area contributed by atoms with Gasteiger partial charge in [-0.3, -0.25) is 0 Å². The third kappa shape index (κ3) is 4.61. The van der Waals surface area contributed by atoms with Crippen LogP contribution in [-0.4, -0.2) is 4.57 Å². The number of nitrogens with zero attached hydrogens (tertiary/aromatic N) is 2. The summed E-state index contributed by atoms with van der Waals surface area (Å²) in [6, 6.07) is 69.6. The summed E-state index contributed by atoms with van der Waals surface area (Å²) < 4.78 is 9.22. The summed E-state index contributed by atoms with van der Waals surface area (Å²) in [4.78, 5) is 2.31. The van der Waals surface area contributed by atoms with Crippen molar-refractivity contribution in [2.75, 3.05) is 4.90 Å². The minimum Gasteiger partial charge on any atom is -0.454 e. The Kier molecular flexibility index (Phi) is 6.55. The lowest BCUT2D eigenvalue weighted by Crippen LogP contribution is -2.10. The van der Waals surface area contributed by atoms with Crippen LogP contribution < -0.4 is 4.90 Å². The van der Waals surface area contributed by atoms with Gasteiger partial charge in [-0.1, -0.05) is 127 Å². The summed E-state index contributed by atoms with van der Waals surface area (Å²) in [5, 5.41) is 9.52. The van der Waals surface area contributed by atoms with Crippen molar-refractivity contribution in [1.82, 2.24) is 4.57 Å². The molecule has 0 aliphatic heterocycles. The van der Waals surface area contributed by atoms with Crippen LogP contribution in [-0.2, 0) is 0 Å². The Morgan fingerprint density at radius 1 is 0.415 bits per heavy atom. The van der Waals surface area contributed by atoms with Gasteiger partial charge in [0.1, 0.15) is 5.58 Å². The maximum absolute atomic E-state index is 6.85. The van der Waals surface area contributed by atoms with Crippen LogP contribution >= 0.6 is 0 Å². The molecule has 0 aliphatic rings. The molecule has 9 aromatic carbocycles. The molecule has 2 aromatic heterocycles. The molecule has 0 aliphatic carbocycles. The van der Waals surface area contributed by atoms with Gasteiger partial charge in [-0.25, -0.2) is 0 Å². The van der Waals surface area contributed by atoms with E-state index in [2.05, 4.69) is 204 Å². The van der Waals surface area contributed by atoms with Crippen LogP contribution in [0.1, 0.15) is 0 Å². The zero-order valence-electron chi connectivity index (χ0n) is 28.8. The highest BCUT2D eigenvalue weighted by atomic mass is 16.3. The number of hydrogen-bond acceptors (Lipinski definition) is 2. The van der Waals surface area contributed by atoms with Crippen molar-refractivity contribution in [2.45, 2.75) is 0 Å². The summed E-state index contributed by atoms with van der Waals surface area (Å²) >= 11 is 0. The summed E-state index contributed by atoms with van der Waals surface area (Å²) in [6.45, 7) is 0. The average Bonchev–Trinajstić information content (AvgIpc) is 3.78. The molecule has 3 nitrogen and oxygen atoms in total. The fourth-order valence-electron chi connectivity index (χ4n) is 8.38. The second-order valence-corrected chi connectivity index (χ2v) is 13.7. The first-order valence-electron chi connectivity index (χ1n) is 18.1. The number of fused-ring (bicyclic) bond motifs is 9. The second kappa shape index (κ2) is 11.7. The van der Waals surface area contributed by atoms with E-state index in [-0.39, 0.29) is 0 Å². The molecule has 0 saturated carbocycles. The highest BCUT2D eigenvalue weighted by molar-refractivity contribution is 6.23. The topological polar surface area (TPSA) is 21.3 Å². The van der Waals surface area contributed by atoms with Crippen molar-refractivity contribution in [1.29, 1.82) is 0 Å². The van der Waals surface area contributed by atoms with Crippen LogP contribution in [0.25, 0.3) is 82.1 Å². The molecular formula is C50H32N2O. The summed E-state index contributed by atoms with van der Waals surface area (Å²) in [5.41, 5.74) is 10.9. The molecule has 0 saturated heterocycles. The molecule has 0 radical (unpaired) electrons. The normalized spacial score (nSPS) is 11.8. The fraction of sp³-hybridized carbons (Fsp3) is 0. The van der Waals surface area contributed by atoms with E-state index in [9.17, 15) is 0 Å². The van der Waals surface area contributed by atoms with Gasteiger partial charge in [0.05, 0.1) is 16.7 Å². The van der Waals surface area contributed by atoms with Crippen LogP contribution in [0.3, 0.4) is 0 Å². The van der Waals surface area contributed by atoms with Crippen LogP contribution in [0, 0.1) is 0 Å². The number of anilines is 3. The largest absolute Gasteiger partial charge is 0.454 e. The molecular weight excluding hydrogens is 645 g/mol. The van der Waals surface area contributed by atoms with Gasteiger partial charge >= 0.3 is 0 Å². The second-order valence-electron chi connectivity index (χ2n) is 13.7. The van der Waals surface area contributed by atoms with Gasteiger partial charge in [0, 0.05) is 38.6 Å². The molecule has 0 unspecified atom stereocenters. The van der Waals surface area contributed by atoms with Crippen molar-refractivity contribution in [3.63, 3.8) is 0 Å². The van der Waals surface area contributed by atoms with E-state index in [0.29, 0.717) is 0 Å². The predicted molar refractivity (Wildman–Crippen MR) is 223 cm³/mol. The first kappa shape index (κ1) is 29.6. The first-order chi connectivity index (χ1) is 26.3. The maximum atomic E-state index is 6.85. The maximum Gasteiger partial charge on any atom is 0.159 e. The van der Waals surface area contributed by atoms with Gasteiger partial charge in [0.25, 0.3) is 0 Å². The Balaban J connectivity index is 1.11. The molecule has 0 amide bonds. The highest BCUT2D eigenvalue weighted by Crippen LogP contribution is 2.45. The minimum atomic E-state index is 0.868. The number of rotatable bonds is 5. The molecule has 3 heteroatoms. The smallest absolute Gasteiger partial charge is 0.159 e. The Morgan fingerprint density at radius 2 is 1.13 bits per heavy atom. The first-order valence-corrected chi connectivity index (χ1v) is 18.1. The Hall–Kier alpha value is -7.10. The Morgan fingerprint density at radius 3 is 2.02 bits per heavy atom. The number of para-hydroxylation sites is 4. The van der Waals surface area contributed by atoms with E-state index < -0.39 is 0 Å². The summed E-state index contributed by atoms with van der Waals surface area (Å²) in [7, 11) is 0.